The van der Waals surface area contributed by atoms with Crippen LogP contribution in [0.2, 0.25) is 10.0 Å². The Bertz CT molecular complexity index is 1390. The molecule has 0 saturated carbocycles. The van der Waals surface area contributed by atoms with E-state index in [2.05, 4.69) is 36.3 Å². The van der Waals surface area contributed by atoms with Crippen LogP contribution in [0.1, 0.15) is 44.4 Å². The quantitative estimate of drug-likeness (QED) is 0.206. The Labute approximate surface area is 252 Å². The molecule has 1 atom stereocenters. The highest BCUT2D eigenvalue weighted by Crippen LogP contribution is 2.36. The molecule has 0 radical (unpaired) electrons. The highest BCUT2D eigenvalue weighted by Gasteiger charge is 2.29. The number of β-amino-alcohol motifs (C(OH)–C–C–N with tert-alkyl or cyclic N) is 1. The number of benzene rings is 2. The SMILES string of the molecule is CN(C[C@H](O)CNC(C)(C)CCCc1ccccc1)S(=O)(=O)c1c(Cl)cc(-c2ccc(CCC(=O)O)nc2)cc1Cl. The van der Waals surface area contributed by atoms with Crippen LogP contribution in [0.5, 0.6) is 0 Å². The van der Waals surface area contributed by atoms with Gasteiger partial charge in [0.25, 0.3) is 0 Å². The van der Waals surface area contributed by atoms with Crippen molar-refractivity contribution in [1.82, 2.24) is 14.6 Å². The summed E-state index contributed by atoms with van der Waals surface area (Å²) < 4.78 is 27.8. The van der Waals surface area contributed by atoms with Crippen molar-refractivity contribution in [3.05, 3.63) is 82.1 Å². The number of carboxylic acid groups (broad SMARTS) is 1. The number of hydrogen-bond donors (Lipinski definition) is 3. The molecule has 0 unspecified atom stereocenters. The highest BCUT2D eigenvalue weighted by molar-refractivity contribution is 7.89. The fraction of sp³-hybridized carbons (Fsp3) is 0.400. The number of carbonyl (C=O) groups is 1. The molecule has 2 aromatic carbocycles. The van der Waals surface area contributed by atoms with E-state index in [1.807, 2.05) is 18.2 Å². The summed E-state index contributed by atoms with van der Waals surface area (Å²) in [6.07, 6.45) is 3.71. The molecule has 8 nitrogen and oxygen atoms in total. The first-order chi connectivity index (χ1) is 19.3. The Kier molecular flexibility index (Phi) is 11.7. The Hall–Kier alpha value is -2.53. The highest BCUT2D eigenvalue weighted by atomic mass is 35.5. The molecule has 3 rings (SSSR count). The summed E-state index contributed by atoms with van der Waals surface area (Å²) >= 11 is 12.9. The number of likely N-dealkylation sites (N-methyl/N-ethyl adjacent to an activating group) is 1. The molecular formula is C30H37Cl2N3O5S. The van der Waals surface area contributed by atoms with Crippen LogP contribution in [-0.4, -0.2) is 65.7 Å². The molecule has 0 aliphatic heterocycles. The van der Waals surface area contributed by atoms with Gasteiger partial charge in [-0.1, -0.05) is 59.6 Å². The van der Waals surface area contributed by atoms with Crippen LogP contribution in [-0.2, 0) is 27.7 Å². The molecule has 0 saturated heterocycles. The molecular weight excluding hydrogens is 585 g/mol. The Morgan fingerprint density at radius 1 is 1.05 bits per heavy atom. The number of nitrogens with zero attached hydrogens (tertiary/aromatic N) is 2. The van der Waals surface area contributed by atoms with Crippen LogP contribution < -0.4 is 5.32 Å². The number of aliphatic carboxylic acids is 1. The number of halogens is 2. The van der Waals surface area contributed by atoms with Crippen molar-refractivity contribution >= 4 is 39.2 Å². The fourth-order valence-corrected chi connectivity index (χ4v) is 6.79. The number of nitrogens with one attached hydrogen (secondary N) is 1. The van der Waals surface area contributed by atoms with Gasteiger partial charge in [-0.25, -0.2) is 8.42 Å². The molecule has 3 aromatic rings. The van der Waals surface area contributed by atoms with Crippen molar-refractivity contribution in [2.45, 2.75) is 62.5 Å². The molecule has 41 heavy (non-hydrogen) atoms. The van der Waals surface area contributed by atoms with Gasteiger partial charge >= 0.3 is 5.97 Å². The lowest BCUT2D eigenvalue weighted by atomic mass is 9.95. The average molecular weight is 623 g/mol. The van der Waals surface area contributed by atoms with E-state index in [9.17, 15) is 18.3 Å². The normalized spacial score (nSPS) is 13.0. The molecule has 222 valence electrons. The van der Waals surface area contributed by atoms with E-state index in [1.54, 1.807) is 18.3 Å². The molecule has 3 N–H and O–H groups in total. The summed E-state index contributed by atoms with van der Waals surface area (Å²) in [6, 6.07) is 16.7. The first kappa shape index (κ1) is 33.0. The number of sulfonamides is 1. The molecule has 11 heteroatoms. The predicted octanol–water partition coefficient (Wildman–Crippen LogP) is 5.45. The Morgan fingerprint density at radius 2 is 1.71 bits per heavy atom. The zero-order valence-corrected chi connectivity index (χ0v) is 25.8. The summed E-state index contributed by atoms with van der Waals surface area (Å²) in [4.78, 5) is 14.8. The van der Waals surface area contributed by atoms with E-state index in [0.717, 1.165) is 23.6 Å². The zero-order chi connectivity index (χ0) is 30.2. The van der Waals surface area contributed by atoms with Crippen LogP contribution >= 0.6 is 23.2 Å². The van der Waals surface area contributed by atoms with E-state index < -0.39 is 22.1 Å². The smallest absolute Gasteiger partial charge is 0.303 e. The number of hydrogen-bond acceptors (Lipinski definition) is 6. The van der Waals surface area contributed by atoms with Crippen molar-refractivity contribution in [2.24, 2.45) is 0 Å². The first-order valence-electron chi connectivity index (χ1n) is 13.4. The van der Waals surface area contributed by atoms with Crippen molar-refractivity contribution in [3.63, 3.8) is 0 Å². The van der Waals surface area contributed by atoms with Crippen molar-refractivity contribution in [3.8, 4) is 11.1 Å². The number of carboxylic acids is 1. The third kappa shape index (κ3) is 9.77. The number of rotatable bonds is 15. The second-order valence-corrected chi connectivity index (χ2v) is 13.5. The molecule has 0 amide bonds. The second kappa shape index (κ2) is 14.6. The van der Waals surface area contributed by atoms with Gasteiger partial charge in [0, 0.05) is 49.6 Å². The number of aryl methyl sites for hydroxylation is 2. The van der Waals surface area contributed by atoms with Crippen LogP contribution in [0.15, 0.2) is 65.7 Å². The third-order valence-electron chi connectivity index (χ3n) is 6.81. The van der Waals surface area contributed by atoms with E-state index >= 15 is 0 Å². The van der Waals surface area contributed by atoms with Gasteiger partial charge in [0.15, 0.2) is 0 Å². The fourth-order valence-electron chi connectivity index (χ4n) is 4.43. The molecule has 0 spiro atoms. The molecule has 0 aliphatic carbocycles. The average Bonchev–Trinajstić information content (AvgIpc) is 2.91. The lowest BCUT2D eigenvalue weighted by molar-refractivity contribution is -0.136. The van der Waals surface area contributed by atoms with Crippen LogP contribution in [0, 0.1) is 0 Å². The number of aromatic nitrogens is 1. The molecule has 0 aliphatic rings. The van der Waals surface area contributed by atoms with E-state index in [4.69, 9.17) is 28.3 Å². The van der Waals surface area contributed by atoms with E-state index in [-0.39, 0.29) is 40.0 Å². The van der Waals surface area contributed by atoms with Gasteiger partial charge in [-0.2, -0.15) is 4.31 Å². The summed E-state index contributed by atoms with van der Waals surface area (Å²) in [5.41, 5.74) is 2.88. The topological polar surface area (TPSA) is 120 Å². The molecule has 1 aromatic heterocycles. The summed E-state index contributed by atoms with van der Waals surface area (Å²) in [5.74, 6) is -0.904. The number of aliphatic hydroxyl groups excluding tert-OH is 1. The molecule has 1 heterocycles. The molecule has 0 bridgehead atoms. The van der Waals surface area contributed by atoms with Crippen LogP contribution in [0.25, 0.3) is 11.1 Å². The van der Waals surface area contributed by atoms with Gasteiger partial charge in [-0.05, 0) is 62.4 Å². The lowest BCUT2D eigenvalue weighted by Gasteiger charge is -2.29. The van der Waals surface area contributed by atoms with Gasteiger partial charge < -0.3 is 15.5 Å². The van der Waals surface area contributed by atoms with Crippen molar-refractivity contribution < 1.29 is 23.4 Å². The number of pyridine rings is 1. The lowest BCUT2D eigenvalue weighted by Crippen LogP contribution is -2.46. The van der Waals surface area contributed by atoms with Crippen molar-refractivity contribution in [1.29, 1.82) is 0 Å². The van der Waals surface area contributed by atoms with Gasteiger partial charge in [0.1, 0.15) is 4.90 Å². The predicted molar refractivity (Wildman–Crippen MR) is 163 cm³/mol. The maximum Gasteiger partial charge on any atom is 0.303 e. The minimum Gasteiger partial charge on any atom is -0.481 e. The van der Waals surface area contributed by atoms with E-state index in [0.29, 0.717) is 23.2 Å². The summed E-state index contributed by atoms with van der Waals surface area (Å²) in [7, 11) is -2.73. The second-order valence-electron chi connectivity index (χ2n) is 10.7. The van der Waals surface area contributed by atoms with Gasteiger partial charge in [0.2, 0.25) is 10.0 Å². The Balaban J connectivity index is 1.60. The summed E-state index contributed by atoms with van der Waals surface area (Å²) in [6.45, 7) is 4.19. The van der Waals surface area contributed by atoms with Gasteiger partial charge in [0.05, 0.1) is 22.6 Å². The van der Waals surface area contributed by atoms with Crippen LogP contribution in [0.4, 0.5) is 0 Å². The van der Waals surface area contributed by atoms with Crippen LogP contribution in [0.3, 0.4) is 0 Å². The maximum atomic E-state index is 13.4. The summed E-state index contributed by atoms with van der Waals surface area (Å²) in [5, 5.41) is 22.7. The van der Waals surface area contributed by atoms with E-state index in [1.165, 1.54) is 24.7 Å². The van der Waals surface area contributed by atoms with Gasteiger partial charge in [-0.3, -0.25) is 9.78 Å². The third-order valence-corrected chi connectivity index (χ3v) is 9.56. The molecule has 0 fully saturated rings. The monoisotopic (exact) mass is 621 g/mol. The standard InChI is InChI=1S/C30H37Cl2N3O5S/c1-30(2,15-7-10-21-8-5-4-6-9-21)34-19-25(36)20-35(3)41(39,40)29-26(31)16-23(17-27(29)32)22-11-12-24(33-18-22)13-14-28(37)38/h4-6,8-9,11-12,16-18,25,34,36H,7,10,13-15,19-20H2,1-3H3,(H,37,38)/t25-/m1/s1. The minimum atomic E-state index is -4.10. The Morgan fingerprint density at radius 3 is 2.29 bits per heavy atom. The number of aliphatic hydroxyl groups is 1. The van der Waals surface area contributed by atoms with Crippen molar-refractivity contribution in [2.75, 3.05) is 20.1 Å². The van der Waals surface area contributed by atoms with Gasteiger partial charge in [-0.15, -0.1) is 0 Å². The minimum absolute atomic E-state index is 0.0264. The first-order valence-corrected chi connectivity index (χ1v) is 15.6. The zero-order valence-electron chi connectivity index (χ0n) is 23.5. The largest absolute Gasteiger partial charge is 0.481 e. The maximum absolute atomic E-state index is 13.4.